The quantitative estimate of drug-likeness (QED) is 0.337. The van der Waals surface area contributed by atoms with Crippen molar-refractivity contribution in [1.82, 2.24) is 4.90 Å². The molecule has 33 heavy (non-hydrogen) atoms. The molecule has 0 fully saturated rings. The molecule has 0 amide bonds. The maximum absolute atomic E-state index is 11.6. The molecule has 0 saturated carbocycles. The SMILES string of the molecule is CC(C)(C)[Si](C)(C)OC[C@H]([C@@H](O)c1ccccc1)N(Cc1ccccc1)Cc1ccccc1. The monoisotopic (exact) mass is 461 g/mol. The summed E-state index contributed by atoms with van der Waals surface area (Å²) in [6.07, 6.45) is -0.650. The van der Waals surface area contributed by atoms with Crippen LogP contribution in [-0.4, -0.2) is 31.0 Å². The van der Waals surface area contributed by atoms with E-state index in [1.165, 1.54) is 11.1 Å². The van der Waals surface area contributed by atoms with Crippen molar-refractivity contribution in [2.24, 2.45) is 0 Å². The third-order valence-corrected chi connectivity index (χ3v) is 11.4. The molecule has 0 spiro atoms. The van der Waals surface area contributed by atoms with Crippen LogP contribution in [0.25, 0.3) is 0 Å². The van der Waals surface area contributed by atoms with Gasteiger partial charge in [0.15, 0.2) is 8.32 Å². The molecule has 3 aromatic carbocycles. The standard InChI is InChI=1S/C29H39NO2Si/c1-29(2,3)33(4,5)32-23-27(28(31)26-19-13-8-14-20-26)30(21-24-15-9-6-10-16-24)22-25-17-11-7-12-18-25/h6-20,27-28,31H,21-23H2,1-5H3/t27-,28+/m1/s1. The van der Waals surface area contributed by atoms with Gasteiger partial charge < -0.3 is 9.53 Å². The van der Waals surface area contributed by atoms with Crippen LogP contribution in [0.1, 0.15) is 43.6 Å². The summed E-state index contributed by atoms with van der Waals surface area (Å²) in [5.74, 6) is 0. The van der Waals surface area contributed by atoms with Gasteiger partial charge in [0.1, 0.15) is 0 Å². The summed E-state index contributed by atoms with van der Waals surface area (Å²) in [4.78, 5) is 2.37. The summed E-state index contributed by atoms with van der Waals surface area (Å²) >= 11 is 0. The van der Waals surface area contributed by atoms with Crippen LogP contribution in [0.15, 0.2) is 91.0 Å². The Morgan fingerprint density at radius 1 is 0.758 bits per heavy atom. The molecule has 0 aliphatic carbocycles. The molecule has 3 rings (SSSR count). The molecule has 176 valence electrons. The minimum Gasteiger partial charge on any atom is -0.415 e. The minimum absolute atomic E-state index is 0.110. The van der Waals surface area contributed by atoms with Gasteiger partial charge in [-0.05, 0) is 34.8 Å². The minimum atomic E-state index is -1.98. The van der Waals surface area contributed by atoms with Crippen LogP contribution in [-0.2, 0) is 17.5 Å². The summed E-state index contributed by atoms with van der Waals surface area (Å²) < 4.78 is 6.69. The number of benzene rings is 3. The highest BCUT2D eigenvalue weighted by atomic mass is 28.4. The molecule has 3 nitrogen and oxygen atoms in total. The third kappa shape index (κ3) is 7.12. The van der Waals surface area contributed by atoms with Crippen molar-refractivity contribution >= 4 is 8.32 Å². The molecule has 0 aliphatic rings. The van der Waals surface area contributed by atoms with Crippen LogP contribution >= 0.6 is 0 Å². The number of hydrogen-bond acceptors (Lipinski definition) is 3. The molecule has 0 unspecified atom stereocenters. The van der Waals surface area contributed by atoms with E-state index in [0.29, 0.717) is 6.61 Å². The van der Waals surface area contributed by atoms with Gasteiger partial charge in [0.2, 0.25) is 0 Å². The van der Waals surface area contributed by atoms with Gasteiger partial charge in [-0.1, -0.05) is 112 Å². The van der Waals surface area contributed by atoms with Crippen LogP contribution in [0.2, 0.25) is 18.1 Å². The smallest absolute Gasteiger partial charge is 0.192 e. The van der Waals surface area contributed by atoms with Gasteiger partial charge in [-0.3, -0.25) is 4.90 Å². The summed E-state index contributed by atoms with van der Waals surface area (Å²) in [7, 11) is -1.98. The predicted octanol–water partition coefficient (Wildman–Crippen LogP) is 6.81. The van der Waals surface area contributed by atoms with Gasteiger partial charge in [0.05, 0.1) is 18.8 Å². The Labute approximate surface area is 201 Å². The Morgan fingerprint density at radius 3 is 1.61 bits per heavy atom. The molecule has 0 heterocycles. The lowest BCUT2D eigenvalue weighted by Gasteiger charge is -2.41. The van der Waals surface area contributed by atoms with Crippen molar-refractivity contribution in [3.05, 3.63) is 108 Å². The second-order valence-electron chi connectivity index (χ2n) is 10.4. The first kappa shape index (κ1) is 25.4. The molecule has 3 aromatic rings. The van der Waals surface area contributed by atoms with Crippen molar-refractivity contribution in [3.8, 4) is 0 Å². The fourth-order valence-electron chi connectivity index (χ4n) is 3.71. The highest BCUT2D eigenvalue weighted by molar-refractivity contribution is 6.74. The van der Waals surface area contributed by atoms with E-state index in [-0.39, 0.29) is 11.1 Å². The van der Waals surface area contributed by atoms with E-state index < -0.39 is 14.4 Å². The average molecular weight is 462 g/mol. The number of aliphatic hydroxyl groups excluding tert-OH is 1. The van der Waals surface area contributed by atoms with Gasteiger partial charge in [-0.2, -0.15) is 0 Å². The van der Waals surface area contributed by atoms with Gasteiger partial charge >= 0.3 is 0 Å². The molecule has 4 heteroatoms. The first-order valence-electron chi connectivity index (χ1n) is 11.9. The Kier molecular flexibility index (Phi) is 8.66. The molecular formula is C29H39NO2Si. The molecule has 2 atom stereocenters. The van der Waals surface area contributed by atoms with E-state index in [1.807, 2.05) is 42.5 Å². The van der Waals surface area contributed by atoms with Gasteiger partial charge in [-0.25, -0.2) is 0 Å². The zero-order valence-corrected chi connectivity index (χ0v) is 21.7. The number of aliphatic hydroxyl groups is 1. The molecule has 0 aromatic heterocycles. The fourth-order valence-corrected chi connectivity index (χ4v) is 4.73. The molecule has 0 radical (unpaired) electrons. The fraction of sp³-hybridized carbons (Fsp3) is 0.379. The lowest BCUT2D eigenvalue weighted by Crippen LogP contribution is -2.48. The zero-order chi connectivity index (χ0) is 23.9. The van der Waals surface area contributed by atoms with Crippen LogP contribution in [0.5, 0.6) is 0 Å². The molecular weight excluding hydrogens is 422 g/mol. The highest BCUT2D eigenvalue weighted by Gasteiger charge is 2.39. The molecule has 0 aliphatic heterocycles. The topological polar surface area (TPSA) is 32.7 Å². The van der Waals surface area contributed by atoms with Crippen molar-refractivity contribution in [2.45, 2.75) is 64.1 Å². The molecule has 0 bridgehead atoms. The first-order chi connectivity index (χ1) is 15.7. The Bertz CT molecular complexity index is 914. The van der Waals surface area contributed by atoms with E-state index in [2.05, 4.69) is 87.3 Å². The van der Waals surface area contributed by atoms with Gasteiger partial charge in [-0.15, -0.1) is 0 Å². The van der Waals surface area contributed by atoms with Gasteiger partial charge in [0, 0.05) is 13.1 Å². The van der Waals surface area contributed by atoms with E-state index in [0.717, 1.165) is 18.7 Å². The van der Waals surface area contributed by atoms with E-state index in [9.17, 15) is 5.11 Å². The van der Waals surface area contributed by atoms with Crippen molar-refractivity contribution in [2.75, 3.05) is 6.61 Å². The maximum Gasteiger partial charge on any atom is 0.192 e. The molecule has 1 N–H and O–H groups in total. The lowest BCUT2D eigenvalue weighted by atomic mass is 10.00. The largest absolute Gasteiger partial charge is 0.415 e. The van der Waals surface area contributed by atoms with Crippen molar-refractivity contribution < 1.29 is 9.53 Å². The predicted molar refractivity (Wildman–Crippen MR) is 140 cm³/mol. The lowest BCUT2D eigenvalue weighted by molar-refractivity contribution is 0.00883. The highest BCUT2D eigenvalue weighted by Crippen LogP contribution is 2.37. The Balaban J connectivity index is 1.95. The van der Waals surface area contributed by atoms with Crippen molar-refractivity contribution in [1.29, 1.82) is 0 Å². The Hall–Kier alpha value is -2.24. The summed E-state index contributed by atoms with van der Waals surface area (Å²) in [5.41, 5.74) is 3.38. The second kappa shape index (κ2) is 11.3. The van der Waals surface area contributed by atoms with Gasteiger partial charge in [0.25, 0.3) is 0 Å². The van der Waals surface area contributed by atoms with Crippen LogP contribution in [0, 0.1) is 0 Å². The number of nitrogens with zero attached hydrogens (tertiary/aromatic N) is 1. The van der Waals surface area contributed by atoms with E-state index >= 15 is 0 Å². The zero-order valence-electron chi connectivity index (χ0n) is 20.7. The second-order valence-corrected chi connectivity index (χ2v) is 15.2. The van der Waals surface area contributed by atoms with E-state index in [4.69, 9.17) is 4.43 Å². The first-order valence-corrected chi connectivity index (χ1v) is 14.8. The van der Waals surface area contributed by atoms with Crippen molar-refractivity contribution in [3.63, 3.8) is 0 Å². The molecule has 0 saturated heterocycles. The van der Waals surface area contributed by atoms with Crippen LogP contribution in [0.3, 0.4) is 0 Å². The summed E-state index contributed by atoms with van der Waals surface area (Å²) in [6, 6.07) is 30.8. The third-order valence-electron chi connectivity index (χ3n) is 6.85. The summed E-state index contributed by atoms with van der Waals surface area (Å²) in [6.45, 7) is 13.3. The maximum atomic E-state index is 11.6. The number of hydrogen-bond donors (Lipinski definition) is 1. The normalized spacial score (nSPS) is 14.3. The van der Waals surface area contributed by atoms with E-state index in [1.54, 1.807) is 0 Å². The average Bonchev–Trinajstić information content (AvgIpc) is 2.80. The Morgan fingerprint density at radius 2 is 1.18 bits per heavy atom. The summed E-state index contributed by atoms with van der Waals surface area (Å²) in [5, 5.41) is 11.7. The van der Waals surface area contributed by atoms with Crippen LogP contribution < -0.4 is 0 Å². The number of rotatable bonds is 10. The van der Waals surface area contributed by atoms with Crippen LogP contribution in [0.4, 0.5) is 0 Å².